The minimum atomic E-state index is 0. The smallest absolute Gasteiger partial charge is 0.129 e. The second-order valence-corrected chi connectivity index (χ2v) is 6.70. The Morgan fingerprint density at radius 3 is 2.52 bits per heavy atom. The van der Waals surface area contributed by atoms with Crippen molar-refractivity contribution in [3.05, 3.63) is 35.9 Å². The van der Waals surface area contributed by atoms with Gasteiger partial charge in [-0.3, -0.25) is 4.90 Å². The van der Waals surface area contributed by atoms with Gasteiger partial charge in [0.2, 0.25) is 0 Å². The largest absolute Gasteiger partial charge is 0.354 e. The molecule has 2 fully saturated rings. The second kappa shape index (κ2) is 7.06. The number of piperazine rings is 1. The average molecular weight is 332 g/mol. The van der Waals surface area contributed by atoms with Crippen LogP contribution in [0.15, 0.2) is 30.3 Å². The van der Waals surface area contributed by atoms with Crippen molar-refractivity contribution in [2.24, 2.45) is 0 Å². The van der Waals surface area contributed by atoms with Gasteiger partial charge in [0.05, 0.1) is 5.52 Å². The summed E-state index contributed by atoms with van der Waals surface area (Å²) in [6.07, 6.45) is 5.17. The van der Waals surface area contributed by atoms with Gasteiger partial charge in [-0.1, -0.05) is 19.4 Å². The van der Waals surface area contributed by atoms with Gasteiger partial charge in [-0.05, 0) is 49.1 Å². The van der Waals surface area contributed by atoms with Gasteiger partial charge in [-0.15, -0.1) is 12.4 Å². The van der Waals surface area contributed by atoms with E-state index in [1.807, 2.05) is 0 Å². The summed E-state index contributed by atoms with van der Waals surface area (Å²) in [5.74, 6) is 1.14. The molecule has 23 heavy (non-hydrogen) atoms. The minimum absolute atomic E-state index is 0. The fourth-order valence-corrected chi connectivity index (χ4v) is 3.54. The molecular weight excluding hydrogens is 306 g/mol. The molecule has 3 nitrogen and oxygen atoms in total. The molecule has 1 aliphatic heterocycles. The zero-order valence-corrected chi connectivity index (χ0v) is 14.7. The average Bonchev–Trinajstić information content (AvgIpc) is 3.40. The highest BCUT2D eigenvalue weighted by atomic mass is 35.5. The Morgan fingerprint density at radius 2 is 1.83 bits per heavy atom. The standard InChI is InChI=1S/C19H25N3.ClH/c1-2-3-15-4-8-18-16(14-15)5-9-19(20-18)22-12-10-21(11-13-22)17-6-7-17;/h4-5,8-9,14,17H,2-3,6-7,10-13H2,1H3;1H. The summed E-state index contributed by atoms with van der Waals surface area (Å²) in [4.78, 5) is 9.98. The number of halogens is 1. The monoisotopic (exact) mass is 331 g/mol. The number of aryl methyl sites for hydroxylation is 1. The molecule has 0 N–H and O–H groups in total. The summed E-state index contributed by atoms with van der Waals surface area (Å²) in [5.41, 5.74) is 2.55. The van der Waals surface area contributed by atoms with Crippen LogP contribution in [0.3, 0.4) is 0 Å². The zero-order valence-electron chi connectivity index (χ0n) is 13.9. The summed E-state index contributed by atoms with van der Waals surface area (Å²) in [5, 5.41) is 1.27. The third-order valence-corrected chi connectivity index (χ3v) is 4.98. The first-order valence-electron chi connectivity index (χ1n) is 8.72. The zero-order chi connectivity index (χ0) is 14.9. The summed E-state index contributed by atoms with van der Waals surface area (Å²) >= 11 is 0. The second-order valence-electron chi connectivity index (χ2n) is 6.70. The van der Waals surface area contributed by atoms with E-state index in [0.717, 1.165) is 36.9 Å². The molecule has 4 rings (SSSR count). The van der Waals surface area contributed by atoms with Crippen molar-refractivity contribution in [2.45, 2.75) is 38.6 Å². The minimum Gasteiger partial charge on any atom is -0.354 e. The topological polar surface area (TPSA) is 19.4 Å². The lowest BCUT2D eigenvalue weighted by Crippen LogP contribution is -2.47. The van der Waals surface area contributed by atoms with Crippen molar-refractivity contribution in [3.8, 4) is 0 Å². The number of fused-ring (bicyclic) bond motifs is 1. The van der Waals surface area contributed by atoms with Gasteiger partial charge in [0.25, 0.3) is 0 Å². The maximum atomic E-state index is 4.89. The number of hydrogen-bond donors (Lipinski definition) is 0. The maximum Gasteiger partial charge on any atom is 0.129 e. The van der Waals surface area contributed by atoms with E-state index in [0.29, 0.717) is 0 Å². The molecule has 4 heteroatoms. The van der Waals surface area contributed by atoms with E-state index in [4.69, 9.17) is 4.98 Å². The van der Waals surface area contributed by atoms with Crippen LogP contribution in [0.5, 0.6) is 0 Å². The van der Waals surface area contributed by atoms with Gasteiger partial charge in [-0.2, -0.15) is 0 Å². The first kappa shape index (κ1) is 16.5. The van der Waals surface area contributed by atoms with Gasteiger partial charge < -0.3 is 4.90 Å². The number of aromatic nitrogens is 1. The summed E-state index contributed by atoms with van der Waals surface area (Å²) < 4.78 is 0. The van der Waals surface area contributed by atoms with E-state index in [9.17, 15) is 0 Å². The Kier molecular flexibility index (Phi) is 5.08. The van der Waals surface area contributed by atoms with E-state index >= 15 is 0 Å². The van der Waals surface area contributed by atoms with Gasteiger partial charge in [-0.25, -0.2) is 4.98 Å². The highest BCUT2D eigenvalue weighted by Gasteiger charge is 2.31. The normalized spacial score (nSPS) is 18.9. The lowest BCUT2D eigenvalue weighted by molar-refractivity contribution is 0.247. The SMILES string of the molecule is CCCc1ccc2nc(N3CCN(C4CC4)CC3)ccc2c1.Cl. The predicted molar refractivity (Wildman–Crippen MR) is 99.8 cm³/mol. The van der Waals surface area contributed by atoms with E-state index in [1.165, 1.54) is 43.3 Å². The third-order valence-electron chi connectivity index (χ3n) is 4.98. The number of anilines is 1. The van der Waals surface area contributed by atoms with Crippen molar-refractivity contribution in [1.82, 2.24) is 9.88 Å². The number of benzene rings is 1. The molecule has 1 aromatic heterocycles. The van der Waals surface area contributed by atoms with E-state index < -0.39 is 0 Å². The van der Waals surface area contributed by atoms with Crippen molar-refractivity contribution in [3.63, 3.8) is 0 Å². The van der Waals surface area contributed by atoms with Crippen molar-refractivity contribution < 1.29 is 0 Å². The number of hydrogen-bond acceptors (Lipinski definition) is 3. The maximum absolute atomic E-state index is 4.89. The molecule has 1 saturated carbocycles. The van der Waals surface area contributed by atoms with Crippen LogP contribution in [0, 0.1) is 0 Å². The molecule has 124 valence electrons. The molecule has 2 aromatic rings. The number of pyridine rings is 1. The van der Waals surface area contributed by atoms with Crippen LogP contribution >= 0.6 is 12.4 Å². The quantitative estimate of drug-likeness (QED) is 0.847. The molecule has 0 spiro atoms. The Bertz CT molecular complexity index is 661. The summed E-state index contributed by atoms with van der Waals surface area (Å²) in [7, 11) is 0. The molecule has 0 unspecified atom stereocenters. The molecule has 0 atom stereocenters. The molecule has 0 radical (unpaired) electrons. The van der Waals surface area contributed by atoms with Gasteiger partial charge in [0.15, 0.2) is 0 Å². The van der Waals surface area contributed by atoms with Crippen molar-refractivity contribution >= 4 is 29.1 Å². The van der Waals surface area contributed by atoms with Crippen molar-refractivity contribution in [2.75, 3.05) is 31.1 Å². The van der Waals surface area contributed by atoms with E-state index in [-0.39, 0.29) is 12.4 Å². The number of rotatable bonds is 4. The molecule has 2 aliphatic rings. The molecule has 1 aliphatic carbocycles. The van der Waals surface area contributed by atoms with Crippen LogP contribution in [-0.2, 0) is 6.42 Å². The first-order chi connectivity index (χ1) is 10.8. The fraction of sp³-hybridized carbons (Fsp3) is 0.526. The predicted octanol–water partition coefficient (Wildman–Crippen LogP) is 3.89. The van der Waals surface area contributed by atoms with Crippen LogP contribution in [0.2, 0.25) is 0 Å². The van der Waals surface area contributed by atoms with Crippen molar-refractivity contribution in [1.29, 1.82) is 0 Å². The first-order valence-corrected chi connectivity index (χ1v) is 8.72. The van der Waals surface area contributed by atoms with Crippen LogP contribution in [0.25, 0.3) is 10.9 Å². The van der Waals surface area contributed by atoms with Gasteiger partial charge >= 0.3 is 0 Å². The van der Waals surface area contributed by atoms with E-state index in [2.05, 4.69) is 47.1 Å². The lowest BCUT2D eigenvalue weighted by atomic mass is 10.1. The fourth-order valence-electron chi connectivity index (χ4n) is 3.54. The Morgan fingerprint density at radius 1 is 1.04 bits per heavy atom. The third kappa shape index (κ3) is 3.61. The Hall–Kier alpha value is -1.32. The van der Waals surface area contributed by atoms with Crippen LogP contribution in [0.1, 0.15) is 31.7 Å². The van der Waals surface area contributed by atoms with Gasteiger partial charge in [0, 0.05) is 37.6 Å². The molecule has 2 heterocycles. The summed E-state index contributed by atoms with van der Waals surface area (Å²) in [6.45, 7) is 6.85. The molecule has 0 bridgehead atoms. The molecule has 1 aromatic carbocycles. The van der Waals surface area contributed by atoms with Crippen LogP contribution < -0.4 is 4.90 Å². The Balaban J connectivity index is 0.00000156. The number of nitrogens with zero attached hydrogens (tertiary/aromatic N) is 3. The highest BCUT2D eigenvalue weighted by molar-refractivity contribution is 5.85. The van der Waals surface area contributed by atoms with Gasteiger partial charge in [0.1, 0.15) is 5.82 Å². The van der Waals surface area contributed by atoms with E-state index in [1.54, 1.807) is 0 Å². The highest BCUT2D eigenvalue weighted by Crippen LogP contribution is 2.28. The lowest BCUT2D eigenvalue weighted by Gasteiger charge is -2.35. The Labute approximate surface area is 145 Å². The van der Waals surface area contributed by atoms with Crippen LogP contribution in [0.4, 0.5) is 5.82 Å². The molecule has 1 saturated heterocycles. The van der Waals surface area contributed by atoms with Crippen LogP contribution in [-0.4, -0.2) is 42.1 Å². The molecular formula is C19H26ClN3. The molecule has 0 amide bonds. The summed E-state index contributed by atoms with van der Waals surface area (Å²) in [6, 6.07) is 12.0.